The van der Waals surface area contributed by atoms with Crippen molar-refractivity contribution in [3.63, 3.8) is 0 Å². The van der Waals surface area contributed by atoms with Crippen molar-refractivity contribution in [2.24, 2.45) is 0 Å². The van der Waals surface area contributed by atoms with Crippen molar-refractivity contribution < 1.29 is 19.1 Å². The van der Waals surface area contributed by atoms with Crippen molar-refractivity contribution in [1.29, 1.82) is 0 Å². The lowest BCUT2D eigenvalue weighted by atomic mass is 9.96. The number of pyridine rings is 1. The molecule has 1 aliphatic rings. The molecule has 1 heterocycles. The molecule has 0 aliphatic heterocycles. The van der Waals surface area contributed by atoms with Crippen LogP contribution < -0.4 is 10.1 Å². The van der Waals surface area contributed by atoms with Crippen LogP contribution in [0.2, 0.25) is 0 Å². The fourth-order valence-electron chi connectivity index (χ4n) is 2.48. The van der Waals surface area contributed by atoms with E-state index in [2.05, 4.69) is 10.3 Å². The van der Waals surface area contributed by atoms with Crippen LogP contribution in [0.1, 0.15) is 38.1 Å². The van der Waals surface area contributed by atoms with Crippen LogP contribution in [0.5, 0.6) is 5.75 Å². The minimum absolute atomic E-state index is 0.105. The lowest BCUT2D eigenvalue weighted by Crippen LogP contribution is -2.23. The van der Waals surface area contributed by atoms with Crippen molar-refractivity contribution in [3.05, 3.63) is 65.1 Å². The number of hydrogen-bond donors (Lipinski definition) is 1. The maximum absolute atomic E-state index is 12.5. The van der Waals surface area contributed by atoms with Crippen molar-refractivity contribution in [2.75, 3.05) is 12.4 Å². The van der Waals surface area contributed by atoms with Crippen molar-refractivity contribution in [2.45, 2.75) is 6.92 Å². The first kappa shape index (κ1) is 15.6. The van der Waals surface area contributed by atoms with E-state index in [0.717, 1.165) is 0 Å². The van der Waals surface area contributed by atoms with Crippen molar-refractivity contribution in [3.8, 4) is 5.75 Å². The number of nitrogens with zero attached hydrogens (tertiary/aromatic N) is 1. The van der Waals surface area contributed by atoms with E-state index >= 15 is 0 Å². The molecule has 1 aliphatic carbocycles. The molecule has 0 spiro atoms. The number of hydrogen-bond acceptors (Lipinski definition) is 6. The number of aromatic nitrogens is 1. The zero-order valence-corrected chi connectivity index (χ0v) is 13.1. The number of methoxy groups -OCH3 is 1. The minimum Gasteiger partial charge on any atom is -0.497 e. The number of carbonyl (C=O) groups is 3. The average molecular weight is 322 g/mol. The molecule has 120 valence electrons. The lowest BCUT2D eigenvalue weighted by molar-refractivity contribution is 0.0981. The topological polar surface area (TPSA) is 85.4 Å². The van der Waals surface area contributed by atoms with Crippen LogP contribution in [-0.2, 0) is 0 Å². The van der Waals surface area contributed by atoms with Gasteiger partial charge in [-0.2, -0.15) is 0 Å². The van der Waals surface area contributed by atoms with Crippen molar-refractivity contribution >= 4 is 23.0 Å². The Labute approximate surface area is 138 Å². The number of anilines is 1. The average Bonchev–Trinajstić information content (AvgIpc) is 2.59. The van der Waals surface area contributed by atoms with E-state index in [4.69, 9.17) is 4.74 Å². The number of rotatable bonds is 4. The second-order valence-corrected chi connectivity index (χ2v) is 5.24. The molecular weight excluding hydrogens is 308 g/mol. The molecule has 1 N–H and O–H groups in total. The van der Waals surface area contributed by atoms with Gasteiger partial charge in [-0.05, 0) is 37.3 Å². The summed E-state index contributed by atoms with van der Waals surface area (Å²) in [6, 6.07) is 8.03. The molecule has 0 unspecified atom stereocenters. The molecule has 6 heteroatoms. The van der Waals surface area contributed by atoms with Gasteiger partial charge in [-0.3, -0.25) is 19.4 Å². The SMILES string of the molecule is COc1ccc(NC2=CC(=O)c3ncccc3C2=O)c(C(C)=O)c1. The second-order valence-electron chi connectivity index (χ2n) is 5.24. The maximum atomic E-state index is 12.5. The van der Waals surface area contributed by atoms with Crippen LogP contribution in [0.25, 0.3) is 0 Å². The molecule has 24 heavy (non-hydrogen) atoms. The molecule has 0 atom stereocenters. The first-order valence-electron chi connectivity index (χ1n) is 7.23. The number of ether oxygens (including phenoxy) is 1. The van der Waals surface area contributed by atoms with Gasteiger partial charge in [0.05, 0.1) is 18.4 Å². The summed E-state index contributed by atoms with van der Waals surface area (Å²) in [5.41, 5.74) is 1.28. The summed E-state index contributed by atoms with van der Waals surface area (Å²) in [5, 5.41) is 2.89. The Kier molecular flexibility index (Phi) is 3.95. The zero-order valence-electron chi connectivity index (χ0n) is 13.1. The third kappa shape index (κ3) is 2.69. The van der Waals surface area contributed by atoms with Crippen LogP contribution in [-0.4, -0.2) is 29.4 Å². The quantitative estimate of drug-likeness (QED) is 0.871. The zero-order chi connectivity index (χ0) is 17.3. The van der Waals surface area contributed by atoms with Gasteiger partial charge in [0.25, 0.3) is 0 Å². The highest BCUT2D eigenvalue weighted by atomic mass is 16.5. The Morgan fingerprint density at radius 2 is 2.00 bits per heavy atom. The second kappa shape index (κ2) is 6.08. The Morgan fingerprint density at radius 3 is 2.71 bits per heavy atom. The highest BCUT2D eigenvalue weighted by Crippen LogP contribution is 2.26. The molecule has 0 saturated carbocycles. The predicted octanol–water partition coefficient (Wildman–Crippen LogP) is 2.67. The third-order valence-electron chi connectivity index (χ3n) is 3.68. The summed E-state index contributed by atoms with van der Waals surface area (Å²) in [4.78, 5) is 40.5. The first-order valence-corrected chi connectivity index (χ1v) is 7.23. The van der Waals surface area contributed by atoms with Crippen LogP contribution in [0.4, 0.5) is 5.69 Å². The molecule has 6 nitrogen and oxygen atoms in total. The van der Waals surface area contributed by atoms with Crippen LogP contribution >= 0.6 is 0 Å². The van der Waals surface area contributed by atoms with Gasteiger partial charge in [0.15, 0.2) is 5.78 Å². The van der Waals surface area contributed by atoms with Crippen LogP contribution in [0.3, 0.4) is 0 Å². The van der Waals surface area contributed by atoms with Gasteiger partial charge in [0.1, 0.15) is 11.4 Å². The molecule has 3 rings (SSSR count). The van der Waals surface area contributed by atoms with Crippen molar-refractivity contribution in [1.82, 2.24) is 4.98 Å². The summed E-state index contributed by atoms with van der Waals surface area (Å²) in [7, 11) is 1.50. The van der Waals surface area contributed by atoms with Gasteiger partial charge in [0.2, 0.25) is 11.6 Å². The van der Waals surface area contributed by atoms with Gasteiger partial charge in [-0.15, -0.1) is 0 Å². The molecule has 1 aromatic heterocycles. The fourth-order valence-corrected chi connectivity index (χ4v) is 2.48. The standard InChI is InChI=1S/C18H14N2O4/c1-10(21)13-8-11(24-2)5-6-14(13)20-15-9-16(22)17-12(18(15)23)4-3-7-19-17/h3-9,20H,1-2H3. The normalized spacial score (nSPS) is 13.2. The lowest BCUT2D eigenvalue weighted by Gasteiger charge is -2.17. The number of allylic oxidation sites excluding steroid dienone is 2. The van der Waals surface area contributed by atoms with E-state index in [1.54, 1.807) is 30.3 Å². The Morgan fingerprint density at radius 1 is 1.21 bits per heavy atom. The summed E-state index contributed by atoms with van der Waals surface area (Å²) in [5.74, 6) is -0.359. The van der Waals surface area contributed by atoms with E-state index < -0.39 is 0 Å². The highest BCUT2D eigenvalue weighted by molar-refractivity contribution is 6.24. The molecule has 1 aromatic carbocycles. The third-order valence-corrected chi connectivity index (χ3v) is 3.68. The molecule has 2 aromatic rings. The van der Waals surface area contributed by atoms with E-state index in [1.807, 2.05) is 0 Å². The number of nitrogens with one attached hydrogen (secondary N) is 1. The molecule has 0 fully saturated rings. The Hall–Kier alpha value is -3.28. The minimum atomic E-state index is -0.356. The summed E-state index contributed by atoms with van der Waals surface area (Å²) in [6.07, 6.45) is 2.67. The van der Waals surface area contributed by atoms with E-state index in [9.17, 15) is 14.4 Å². The first-order chi connectivity index (χ1) is 11.5. The smallest absolute Gasteiger partial charge is 0.211 e. The van der Waals surface area contributed by atoms with Gasteiger partial charge in [0, 0.05) is 23.5 Å². The maximum Gasteiger partial charge on any atom is 0.211 e. The Balaban J connectivity index is 1.99. The number of Topliss-reactive ketones (excluding diaryl/α,β-unsaturated/α-hetero) is 2. The summed E-state index contributed by atoms with van der Waals surface area (Å²) in [6.45, 7) is 1.42. The predicted molar refractivity (Wildman–Crippen MR) is 87.6 cm³/mol. The Bertz CT molecular complexity index is 900. The van der Waals surface area contributed by atoms with E-state index in [1.165, 1.54) is 26.3 Å². The summed E-state index contributed by atoms with van der Waals surface area (Å²) >= 11 is 0. The van der Waals surface area contributed by atoms with Crippen LogP contribution in [0, 0.1) is 0 Å². The van der Waals surface area contributed by atoms with Crippen LogP contribution in [0.15, 0.2) is 48.3 Å². The van der Waals surface area contributed by atoms with Gasteiger partial charge in [-0.25, -0.2) is 0 Å². The number of benzene rings is 1. The number of ketones is 3. The van der Waals surface area contributed by atoms with E-state index in [0.29, 0.717) is 17.0 Å². The van der Waals surface area contributed by atoms with Gasteiger partial charge >= 0.3 is 0 Å². The molecule has 0 bridgehead atoms. The fraction of sp³-hybridized carbons (Fsp3) is 0.111. The van der Waals surface area contributed by atoms with E-state index in [-0.39, 0.29) is 34.3 Å². The number of carbonyl (C=O) groups excluding carboxylic acids is 3. The monoisotopic (exact) mass is 322 g/mol. The highest BCUT2D eigenvalue weighted by Gasteiger charge is 2.27. The molecule has 0 saturated heterocycles. The van der Waals surface area contributed by atoms with Gasteiger partial charge < -0.3 is 10.1 Å². The van der Waals surface area contributed by atoms with Gasteiger partial charge in [-0.1, -0.05) is 0 Å². The molecular formula is C18H14N2O4. The summed E-state index contributed by atoms with van der Waals surface area (Å²) < 4.78 is 5.11. The molecule has 0 amide bonds. The largest absolute Gasteiger partial charge is 0.497 e. The number of fused-ring (bicyclic) bond motifs is 1. The molecule has 0 radical (unpaired) electrons.